The van der Waals surface area contributed by atoms with Crippen LogP contribution in [-0.2, 0) is 0 Å². The molecule has 1 aromatic heterocycles. The van der Waals surface area contributed by atoms with E-state index >= 15 is 0 Å². The second-order valence-corrected chi connectivity index (χ2v) is 2.82. The molecular formula is C10H9N3O. The number of imidazole rings is 1. The summed E-state index contributed by atoms with van der Waals surface area (Å²) in [5.41, 5.74) is 6.05. The first-order valence-corrected chi connectivity index (χ1v) is 4.17. The van der Waals surface area contributed by atoms with Gasteiger partial charge in [0.15, 0.2) is 0 Å². The Labute approximate surface area is 81.0 Å². The van der Waals surface area contributed by atoms with Crippen LogP contribution in [0.4, 0.5) is 0 Å². The highest BCUT2D eigenvalue weighted by Crippen LogP contribution is 2.08. The number of aromatic nitrogens is 2. The summed E-state index contributed by atoms with van der Waals surface area (Å²) in [6.07, 6.45) is 3.25. The van der Waals surface area contributed by atoms with Crippen molar-refractivity contribution in [3.8, 4) is 5.69 Å². The average molecular weight is 187 g/mol. The Morgan fingerprint density at radius 3 is 2.64 bits per heavy atom. The fourth-order valence-corrected chi connectivity index (χ4v) is 1.28. The van der Waals surface area contributed by atoms with Gasteiger partial charge >= 0.3 is 0 Å². The minimum absolute atomic E-state index is 0.246. The fourth-order valence-electron chi connectivity index (χ4n) is 1.28. The van der Waals surface area contributed by atoms with Crippen molar-refractivity contribution >= 4 is 5.91 Å². The molecule has 2 rings (SSSR count). The molecule has 1 heterocycles. The van der Waals surface area contributed by atoms with Crippen LogP contribution in [0.2, 0.25) is 0 Å². The van der Waals surface area contributed by atoms with Crippen LogP contribution in [-0.4, -0.2) is 15.5 Å². The first-order valence-electron chi connectivity index (χ1n) is 4.17. The van der Waals surface area contributed by atoms with Crippen molar-refractivity contribution in [3.63, 3.8) is 0 Å². The number of carbonyl (C=O) groups is 1. The maximum atomic E-state index is 11.0. The van der Waals surface area contributed by atoms with E-state index in [1.807, 2.05) is 30.3 Å². The molecule has 70 valence electrons. The van der Waals surface area contributed by atoms with E-state index in [2.05, 4.69) is 4.98 Å². The molecule has 0 saturated heterocycles. The monoisotopic (exact) mass is 187 g/mol. The van der Waals surface area contributed by atoms with Gasteiger partial charge in [0.25, 0.3) is 5.91 Å². The van der Waals surface area contributed by atoms with Crippen molar-refractivity contribution in [2.75, 3.05) is 0 Å². The first-order chi connectivity index (χ1) is 6.79. The van der Waals surface area contributed by atoms with Gasteiger partial charge in [-0.1, -0.05) is 18.2 Å². The number of benzene rings is 1. The smallest absolute Gasteiger partial charge is 0.285 e. The number of amides is 1. The van der Waals surface area contributed by atoms with E-state index in [-0.39, 0.29) is 5.82 Å². The van der Waals surface area contributed by atoms with Gasteiger partial charge in [-0.3, -0.25) is 9.36 Å². The van der Waals surface area contributed by atoms with Crippen molar-refractivity contribution < 1.29 is 4.79 Å². The van der Waals surface area contributed by atoms with Gasteiger partial charge in [-0.2, -0.15) is 0 Å². The second-order valence-electron chi connectivity index (χ2n) is 2.82. The van der Waals surface area contributed by atoms with Crippen LogP contribution in [0.15, 0.2) is 42.7 Å². The number of hydrogen-bond donors (Lipinski definition) is 1. The van der Waals surface area contributed by atoms with E-state index in [0.717, 1.165) is 5.69 Å². The van der Waals surface area contributed by atoms with Crippen LogP contribution in [0.25, 0.3) is 5.69 Å². The van der Waals surface area contributed by atoms with Crippen molar-refractivity contribution in [3.05, 3.63) is 48.5 Å². The predicted molar refractivity (Wildman–Crippen MR) is 52.1 cm³/mol. The molecule has 1 aromatic carbocycles. The highest BCUT2D eigenvalue weighted by Gasteiger charge is 2.08. The second kappa shape index (κ2) is 3.33. The van der Waals surface area contributed by atoms with Crippen molar-refractivity contribution in [2.45, 2.75) is 0 Å². The Hall–Kier alpha value is -2.10. The molecule has 0 radical (unpaired) electrons. The van der Waals surface area contributed by atoms with E-state index in [4.69, 9.17) is 5.73 Å². The lowest BCUT2D eigenvalue weighted by Crippen LogP contribution is -2.17. The SMILES string of the molecule is NC(=O)c1nccn1-c1ccccc1. The Kier molecular flexibility index (Phi) is 2.02. The molecule has 0 aliphatic rings. The lowest BCUT2D eigenvalue weighted by Gasteiger charge is -2.03. The number of rotatable bonds is 2. The van der Waals surface area contributed by atoms with Crippen LogP contribution in [0.5, 0.6) is 0 Å². The van der Waals surface area contributed by atoms with Gasteiger partial charge < -0.3 is 5.73 Å². The molecule has 0 unspecified atom stereocenters. The van der Waals surface area contributed by atoms with E-state index in [1.54, 1.807) is 17.0 Å². The summed E-state index contributed by atoms with van der Waals surface area (Å²) < 4.78 is 1.66. The van der Waals surface area contributed by atoms with Crippen molar-refractivity contribution in [1.82, 2.24) is 9.55 Å². The molecule has 14 heavy (non-hydrogen) atoms. The van der Waals surface area contributed by atoms with E-state index in [9.17, 15) is 4.79 Å². The lowest BCUT2D eigenvalue weighted by atomic mass is 10.3. The molecule has 2 N–H and O–H groups in total. The third-order valence-corrected chi connectivity index (χ3v) is 1.90. The number of primary amides is 1. The standard InChI is InChI=1S/C10H9N3O/c11-9(14)10-12-6-7-13(10)8-4-2-1-3-5-8/h1-7H,(H2,11,14). The summed E-state index contributed by atoms with van der Waals surface area (Å²) in [5, 5.41) is 0. The maximum absolute atomic E-state index is 11.0. The normalized spacial score (nSPS) is 10.0. The third-order valence-electron chi connectivity index (χ3n) is 1.90. The highest BCUT2D eigenvalue weighted by atomic mass is 16.1. The fraction of sp³-hybridized carbons (Fsp3) is 0. The summed E-state index contributed by atoms with van der Waals surface area (Å²) in [6.45, 7) is 0. The molecule has 0 aliphatic heterocycles. The zero-order valence-corrected chi connectivity index (χ0v) is 7.42. The Morgan fingerprint density at radius 1 is 1.29 bits per heavy atom. The molecule has 0 saturated carbocycles. The van der Waals surface area contributed by atoms with Crippen LogP contribution < -0.4 is 5.73 Å². The van der Waals surface area contributed by atoms with Crippen molar-refractivity contribution in [1.29, 1.82) is 0 Å². The lowest BCUT2D eigenvalue weighted by molar-refractivity contribution is 0.0989. The number of carbonyl (C=O) groups excluding carboxylic acids is 1. The number of nitrogens with two attached hydrogens (primary N) is 1. The molecule has 0 fully saturated rings. The van der Waals surface area contributed by atoms with Crippen LogP contribution in [0.1, 0.15) is 10.6 Å². The molecule has 4 nitrogen and oxygen atoms in total. The largest absolute Gasteiger partial charge is 0.363 e. The molecule has 2 aromatic rings. The Bertz CT molecular complexity index is 447. The predicted octanol–water partition coefficient (Wildman–Crippen LogP) is 0.971. The maximum Gasteiger partial charge on any atom is 0.285 e. The van der Waals surface area contributed by atoms with Crippen LogP contribution >= 0.6 is 0 Å². The molecule has 4 heteroatoms. The Balaban J connectivity index is 2.52. The first kappa shape index (κ1) is 8.50. The average Bonchev–Trinajstić information content (AvgIpc) is 2.67. The van der Waals surface area contributed by atoms with Gasteiger partial charge in [0.1, 0.15) is 0 Å². The number of nitrogens with zero attached hydrogens (tertiary/aromatic N) is 2. The van der Waals surface area contributed by atoms with Gasteiger partial charge in [0.2, 0.25) is 5.82 Å². The van der Waals surface area contributed by atoms with Gasteiger partial charge in [0.05, 0.1) is 0 Å². The quantitative estimate of drug-likeness (QED) is 0.761. The minimum Gasteiger partial charge on any atom is -0.363 e. The molecular weight excluding hydrogens is 178 g/mol. The summed E-state index contributed by atoms with van der Waals surface area (Å²) in [4.78, 5) is 14.9. The third kappa shape index (κ3) is 1.37. The number of hydrogen-bond acceptors (Lipinski definition) is 2. The molecule has 0 aliphatic carbocycles. The van der Waals surface area contributed by atoms with E-state index in [0.29, 0.717) is 0 Å². The topological polar surface area (TPSA) is 60.9 Å². The van der Waals surface area contributed by atoms with E-state index < -0.39 is 5.91 Å². The van der Waals surface area contributed by atoms with E-state index in [1.165, 1.54) is 0 Å². The van der Waals surface area contributed by atoms with Gasteiger partial charge in [-0.05, 0) is 12.1 Å². The van der Waals surface area contributed by atoms with Crippen LogP contribution in [0.3, 0.4) is 0 Å². The number of para-hydroxylation sites is 1. The summed E-state index contributed by atoms with van der Waals surface area (Å²) in [6, 6.07) is 9.45. The van der Waals surface area contributed by atoms with Gasteiger partial charge in [-0.15, -0.1) is 0 Å². The molecule has 0 atom stereocenters. The molecule has 0 spiro atoms. The minimum atomic E-state index is -0.529. The summed E-state index contributed by atoms with van der Waals surface area (Å²) in [5.74, 6) is -0.282. The Morgan fingerprint density at radius 2 is 2.00 bits per heavy atom. The van der Waals surface area contributed by atoms with Crippen LogP contribution in [0, 0.1) is 0 Å². The summed E-state index contributed by atoms with van der Waals surface area (Å²) >= 11 is 0. The zero-order valence-electron chi connectivity index (χ0n) is 7.42. The van der Waals surface area contributed by atoms with Gasteiger partial charge in [0, 0.05) is 18.1 Å². The zero-order chi connectivity index (χ0) is 9.97. The molecule has 0 bridgehead atoms. The molecule has 1 amide bonds. The summed E-state index contributed by atoms with van der Waals surface area (Å²) in [7, 11) is 0. The highest BCUT2D eigenvalue weighted by molar-refractivity contribution is 5.89. The van der Waals surface area contributed by atoms with Gasteiger partial charge in [-0.25, -0.2) is 4.98 Å². The van der Waals surface area contributed by atoms with Crippen molar-refractivity contribution in [2.24, 2.45) is 5.73 Å².